The van der Waals surface area contributed by atoms with Crippen molar-refractivity contribution < 1.29 is 9.47 Å². The molecule has 1 heterocycles. The predicted molar refractivity (Wildman–Crippen MR) is 99.6 cm³/mol. The van der Waals surface area contributed by atoms with Gasteiger partial charge in [0.1, 0.15) is 0 Å². The molecule has 0 spiro atoms. The summed E-state index contributed by atoms with van der Waals surface area (Å²) in [6, 6.07) is 16.3. The number of rotatable bonds is 5. The number of ether oxygens (including phenoxy) is 2. The highest BCUT2D eigenvalue weighted by molar-refractivity contribution is 5.81. The van der Waals surface area contributed by atoms with E-state index < -0.39 is 0 Å². The van der Waals surface area contributed by atoms with Crippen LogP contribution in [-0.2, 0) is 0 Å². The van der Waals surface area contributed by atoms with Crippen molar-refractivity contribution in [1.82, 2.24) is 4.98 Å². The quantitative estimate of drug-likeness (QED) is 0.654. The van der Waals surface area contributed by atoms with Gasteiger partial charge in [-0.05, 0) is 55.8 Å². The van der Waals surface area contributed by atoms with Crippen molar-refractivity contribution in [2.45, 2.75) is 13.8 Å². The molecule has 0 radical (unpaired) electrons. The maximum atomic E-state index is 5.54. The van der Waals surface area contributed by atoms with E-state index in [0.717, 1.165) is 33.7 Å². The highest BCUT2D eigenvalue weighted by Crippen LogP contribution is 2.28. The van der Waals surface area contributed by atoms with Gasteiger partial charge in [-0.15, -0.1) is 0 Å². The Morgan fingerprint density at radius 2 is 1.83 bits per heavy atom. The summed E-state index contributed by atoms with van der Waals surface area (Å²) in [5.74, 6) is 1.50. The van der Waals surface area contributed by atoms with Crippen LogP contribution in [0.1, 0.15) is 23.7 Å². The minimum absolute atomic E-state index is 0.617. The molecule has 24 heavy (non-hydrogen) atoms. The van der Waals surface area contributed by atoms with Crippen molar-refractivity contribution in [3.63, 3.8) is 0 Å². The van der Waals surface area contributed by atoms with E-state index in [9.17, 15) is 0 Å². The van der Waals surface area contributed by atoms with Crippen LogP contribution in [-0.4, -0.2) is 18.7 Å². The predicted octanol–water partition coefficient (Wildman–Crippen LogP) is 5.12. The first-order valence-electron chi connectivity index (χ1n) is 8.06. The maximum Gasteiger partial charge on any atom is 0.161 e. The Labute approximate surface area is 142 Å². The number of methoxy groups -OCH3 is 1. The molecule has 0 fully saturated rings. The molecule has 0 atom stereocenters. The molecule has 0 unspecified atom stereocenters. The third-order valence-electron chi connectivity index (χ3n) is 3.80. The monoisotopic (exact) mass is 319 g/mol. The third kappa shape index (κ3) is 3.57. The van der Waals surface area contributed by atoms with Crippen LogP contribution in [0.4, 0.5) is 0 Å². The summed E-state index contributed by atoms with van der Waals surface area (Å²) in [6.45, 7) is 4.67. The van der Waals surface area contributed by atoms with Crippen molar-refractivity contribution in [2.75, 3.05) is 13.7 Å². The van der Waals surface area contributed by atoms with Crippen LogP contribution in [0.25, 0.3) is 23.1 Å². The van der Waals surface area contributed by atoms with E-state index in [4.69, 9.17) is 9.47 Å². The summed E-state index contributed by atoms with van der Waals surface area (Å²) < 4.78 is 10.9. The van der Waals surface area contributed by atoms with Gasteiger partial charge in [0.05, 0.1) is 24.9 Å². The average molecular weight is 319 g/mol. The number of benzene rings is 2. The number of aromatic nitrogens is 1. The molecule has 0 saturated heterocycles. The second-order valence-corrected chi connectivity index (χ2v) is 5.61. The smallest absolute Gasteiger partial charge is 0.161 e. The van der Waals surface area contributed by atoms with Crippen molar-refractivity contribution in [3.05, 3.63) is 65.4 Å². The van der Waals surface area contributed by atoms with E-state index >= 15 is 0 Å². The Hall–Kier alpha value is -2.81. The number of pyridine rings is 1. The molecular weight excluding hydrogens is 298 g/mol. The topological polar surface area (TPSA) is 31.4 Å². The highest BCUT2D eigenvalue weighted by atomic mass is 16.5. The van der Waals surface area contributed by atoms with E-state index in [1.807, 2.05) is 43.3 Å². The average Bonchev–Trinajstić information content (AvgIpc) is 2.61. The number of nitrogens with zero attached hydrogens (tertiary/aromatic N) is 1. The normalized spacial score (nSPS) is 11.1. The van der Waals surface area contributed by atoms with Crippen LogP contribution in [0.3, 0.4) is 0 Å². The largest absolute Gasteiger partial charge is 0.493 e. The van der Waals surface area contributed by atoms with E-state index in [1.54, 1.807) is 7.11 Å². The van der Waals surface area contributed by atoms with Crippen LogP contribution in [0.2, 0.25) is 0 Å². The third-order valence-corrected chi connectivity index (χ3v) is 3.80. The SMILES string of the molecule is CCOc1ccc(/C=C/c2ccc3cc(C)ccc3n2)cc1OC. The lowest BCUT2D eigenvalue weighted by molar-refractivity contribution is 0.311. The fourth-order valence-electron chi connectivity index (χ4n) is 2.60. The zero-order chi connectivity index (χ0) is 16.9. The lowest BCUT2D eigenvalue weighted by Gasteiger charge is -2.09. The highest BCUT2D eigenvalue weighted by Gasteiger charge is 2.04. The summed E-state index contributed by atoms with van der Waals surface area (Å²) in [5.41, 5.74) is 4.22. The van der Waals surface area contributed by atoms with Crippen molar-refractivity contribution in [2.24, 2.45) is 0 Å². The van der Waals surface area contributed by atoms with Crippen LogP contribution >= 0.6 is 0 Å². The van der Waals surface area contributed by atoms with Gasteiger partial charge in [-0.1, -0.05) is 29.8 Å². The lowest BCUT2D eigenvalue weighted by Crippen LogP contribution is -1.95. The van der Waals surface area contributed by atoms with E-state index in [-0.39, 0.29) is 0 Å². The minimum atomic E-state index is 0.617. The maximum absolute atomic E-state index is 5.54. The fourth-order valence-corrected chi connectivity index (χ4v) is 2.60. The standard InChI is InChI=1S/C21H21NO2/c1-4-24-20-12-7-16(14-21(20)23-3)6-9-18-10-8-17-13-15(2)5-11-19(17)22-18/h5-14H,4H2,1-3H3/b9-6+. The Kier molecular flexibility index (Phi) is 4.80. The molecule has 0 saturated carbocycles. The van der Waals surface area contributed by atoms with Gasteiger partial charge in [0, 0.05) is 5.39 Å². The molecule has 0 aliphatic carbocycles. The first-order chi connectivity index (χ1) is 11.7. The number of hydrogen-bond donors (Lipinski definition) is 0. The Morgan fingerprint density at radius 1 is 0.958 bits per heavy atom. The van der Waals surface area contributed by atoms with Crippen molar-refractivity contribution in [3.8, 4) is 11.5 Å². The van der Waals surface area contributed by atoms with Gasteiger partial charge >= 0.3 is 0 Å². The zero-order valence-corrected chi connectivity index (χ0v) is 14.2. The van der Waals surface area contributed by atoms with E-state index in [1.165, 1.54) is 5.56 Å². The molecule has 3 rings (SSSR count). The summed E-state index contributed by atoms with van der Waals surface area (Å²) in [7, 11) is 1.65. The summed E-state index contributed by atoms with van der Waals surface area (Å²) >= 11 is 0. The number of hydrogen-bond acceptors (Lipinski definition) is 3. The van der Waals surface area contributed by atoms with Gasteiger partial charge in [-0.3, -0.25) is 0 Å². The Bertz CT molecular complexity index is 884. The molecule has 0 bridgehead atoms. The van der Waals surface area contributed by atoms with Crippen LogP contribution in [0, 0.1) is 6.92 Å². The molecule has 122 valence electrons. The molecule has 3 aromatic rings. The zero-order valence-electron chi connectivity index (χ0n) is 14.2. The Morgan fingerprint density at radius 3 is 2.62 bits per heavy atom. The summed E-state index contributed by atoms with van der Waals surface area (Å²) in [5, 5.41) is 1.16. The fraction of sp³-hybridized carbons (Fsp3) is 0.190. The summed E-state index contributed by atoms with van der Waals surface area (Å²) in [6.07, 6.45) is 4.04. The van der Waals surface area contributed by atoms with E-state index in [2.05, 4.69) is 36.2 Å². The minimum Gasteiger partial charge on any atom is -0.493 e. The molecule has 2 aromatic carbocycles. The molecule has 0 N–H and O–H groups in total. The van der Waals surface area contributed by atoms with Gasteiger partial charge in [0.2, 0.25) is 0 Å². The molecule has 1 aromatic heterocycles. The van der Waals surface area contributed by atoms with Gasteiger partial charge in [0.25, 0.3) is 0 Å². The van der Waals surface area contributed by atoms with Gasteiger partial charge in [0.15, 0.2) is 11.5 Å². The first kappa shape index (κ1) is 16.1. The molecule has 0 aliphatic heterocycles. The first-order valence-corrected chi connectivity index (χ1v) is 8.06. The van der Waals surface area contributed by atoms with E-state index in [0.29, 0.717) is 6.61 Å². The second kappa shape index (κ2) is 7.18. The van der Waals surface area contributed by atoms with Crippen LogP contribution < -0.4 is 9.47 Å². The van der Waals surface area contributed by atoms with Gasteiger partial charge < -0.3 is 9.47 Å². The summed E-state index contributed by atoms with van der Waals surface area (Å²) in [4.78, 5) is 4.68. The van der Waals surface area contributed by atoms with Crippen molar-refractivity contribution >= 4 is 23.1 Å². The molecular formula is C21H21NO2. The number of fused-ring (bicyclic) bond motifs is 1. The number of aryl methyl sites for hydroxylation is 1. The van der Waals surface area contributed by atoms with Crippen molar-refractivity contribution in [1.29, 1.82) is 0 Å². The van der Waals surface area contributed by atoms with Gasteiger partial charge in [-0.2, -0.15) is 0 Å². The molecule has 3 heteroatoms. The Balaban J connectivity index is 1.86. The molecule has 0 aliphatic rings. The second-order valence-electron chi connectivity index (χ2n) is 5.61. The van der Waals surface area contributed by atoms with Crippen LogP contribution in [0.5, 0.6) is 11.5 Å². The molecule has 0 amide bonds. The molecule has 3 nitrogen and oxygen atoms in total. The van der Waals surface area contributed by atoms with Gasteiger partial charge in [-0.25, -0.2) is 4.98 Å². The van der Waals surface area contributed by atoms with Crippen LogP contribution in [0.15, 0.2) is 48.5 Å². The lowest BCUT2D eigenvalue weighted by atomic mass is 10.1.